The van der Waals surface area contributed by atoms with Crippen LogP contribution >= 0.6 is 0 Å². The van der Waals surface area contributed by atoms with E-state index in [2.05, 4.69) is 402 Å². The average Bonchev–Trinajstić information content (AvgIpc) is 1.67. The Bertz CT molecular complexity index is 5580. The Morgan fingerprint density at radius 1 is 0.218 bits per heavy atom. The Morgan fingerprint density at radius 2 is 0.460 bits per heavy atom. The van der Waals surface area contributed by atoms with Gasteiger partial charge in [0.2, 0.25) is 0 Å². The number of anilines is 4. The van der Waals surface area contributed by atoms with E-state index in [0.29, 0.717) is 0 Å². The van der Waals surface area contributed by atoms with Gasteiger partial charge in [0.25, 0.3) is 0 Å². The highest BCUT2D eigenvalue weighted by Gasteiger charge is 2.27. The lowest BCUT2D eigenvalue weighted by atomic mass is 10.1. The third-order valence-electron chi connectivity index (χ3n) is 24.0. The molecule has 0 bridgehead atoms. The van der Waals surface area contributed by atoms with Crippen molar-refractivity contribution < 1.29 is 5.71 Å². The SMILES string of the molecule is Cc1ccc(N2CCN(Cc3nc(-c4ccccc4)c(-c4ccccc4)[nH]3)CC2)cc1.Cc1cccc(N2CCN(Cc3nc(-c4ccccc4)c(-c4ccccc4)[nH]3)CC2)c1.Cc1cccc(N2CCN(Cc3nc(-c4ccccc4)c(-c4ccccc4)[nH]3)CC2)c1.Cc1ccccc1N1CCN(Cc2nc(-c3ccccc3)c(-c3ccccc3)[nH]2)CC1.[HH].[HH].[HH].[HH]. The molecule has 20 rings (SSSR count). The average molecular weight is 1640 g/mol. The molecule has 124 heavy (non-hydrogen) atoms. The van der Waals surface area contributed by atoms with Crippen LogP contribution in [0.25, 0.3) is 90.1 Å². The van der Waals surface area contributed by atoms with Crippen LogP contribution in [0.3, 0.4) is 0 Å². The van der Waals surface area contributed by atoms with Crippen molar-refractivity contribution >= 4 is 22.7 Å². The predicted molar refractivity (Wildman–Crippen MR) is 521 cm³/mol. The van der Waals surface area contributed by atoms with Gasteiger partial charge in [-0.1, -0.05) is 303 Å². The number of nitrogens with zero attached hydrogens (tertiary/aromatic N) is 12. The minimum Gasteiger partial charge on any atom is -0.369 e. The summed E-state index contributed by atoms with van der Waals surface area (Å²) in [5.41, 5.74) is 28.4. The van der Waals surface area contributed by atoms with Gasteiger partial charge in [0.1, 0.15) is 23.3 Å². The topological polar surface area (TPSA) is 141 Å². The monoisotopic (exact) mass is 1640 g/mol. The molecule has 12 aromatic carbocycles. The summed E-state index contributed by atoms with van der Waals surface area (Å²) in [5.74, 6) is 4.12. The highest BCUT2D eigenvalue weighted by Crippen LogP contribution is 2.37. The Morgan fingerprint density at radius 3 is 0.726 bits per heavy atom. The lowest BCUT2D eigenvalue weighted by Gasteiger charge is -2.36. The maximum absolute atomic E-state index is 5.03. The predicted octanol–water partition coefficient (Wildman–Crippen LogP) is 22.5. The van der Waals surface area contributed by atoms with E-state index in [-0.39, 0.29) is 5.71 Å². The molecular weight excluding hydrogens is 1520 g/mol. The normalized spacial score (nSPS) is 14.7. The van der Waals surface area contributed by atoms with E-state index >= 15 is 0 Å². The lowest BCUT2D eigenvalue weighted by molar-refractivity contribution is 0.244. The van der Waals surface area contributed by atoms with Crippen LogP contribution in [0.1, 0.15) is 51.3 Å². The van der Waals surface area contributed by atoms with Gasteiger partial charge in [-0.15, -0.1) is 0 Å². The minimum atomic E-state index is 0. The summed E-state index contributed by atoms with van der Waals surface area (Å²) in [5, 5.41) is 0. The van der Waals surface area contributed by atoms with Crippen LogP contribution in [0.5, 0.6) is 0 Å². The Labute approximate surface area is 737 Å². The first-order valence-electron chi connectivity index (χ1n) is 44.0. The standard InChI is InChI=1S/4C27H28N4.4H2/c1-21-10-8-9-15-24(21)31-18-16-30(17-19-31)20-25-28-26(22-11-4-2-5-12-22)27(29-25)23-13-6-3-7-14-23;2*1-21-9-8-14-24(19-21)31-17-15-30(16-18-31)20-25-28-26(22-10-4-2-5-11-22)27(29-25)23-12-6-3-7-13-23;1-21-12-14-24(15-13-21)31-18-16-30(17-19-31)20-25-28-26(22-8-4-2-5-9-22)27(29-25)23-10-6-3-7-11-23;;;;/h2-15H,16-20H2,1H3,(H,28,29);2*2-14,19H,15-18,20H2,1H3,(H,28,29);2-15H,16-20H2,1H3,(H,28,29);4*1H. The fourth-order valence-corrected chi connectivity index (χ4v) is 17.3. The van der Waals surface area contributed by atoms with Crippen LogP contribution in [0.4, 0.5) is 22.7 Å². The molecule has 16 aromatic rings. The quantitative estimate of drug-likeness (QED) is 0.0577. The second kappa shape index (κ2) is 40.5. The van der Waals surface area contributed by atoms with E-state index in [1.165, 1.54) is 67.3 Å². The molecule has 0 aliphatic carbocycles. The number of hydrogen-bond acceptors (Lipinski definition) is 12. The molecule has 4 aliphatic rings. The molecule has 0 unspecified atom stereocenters. The van der Waals surface area contributed by atoms with E-state index in [0.717, 1.165) is 222 Å². The summed E-state index contributed by atoms with van der Waals surface area (Å²) < 4.78 is 0. The van der Waals surface area contributed by atoms with Gasteiger partial charge in [-0.3, -0.25) is 19.6 Å². The summed E-state index contributed by atoms with van der Waals surface area (Å²) in [6, 6.07) is 119. The van der Waals surface area contributed by atoms with Gasteiger partial charge in [-0.05, 0) is 86.8 Å². The van der Waals surface area contributed by atoms with Crippen molar-refractivity contribution in [2.75, 3.05) is 124 Å². The molecule has 4 fully saturated rings. The highest BCUT2D eigenvalue weighted by molar-refractivity contribution is 5.82. The Hall–Kier alpha value is -13.5. The number of aryl methyl sites for hydroxylation is 4. The van der Waals surface area contributed by atoms with E-state index in [1.807, 2.05) is 24.3 Å². The number of aromatic nitrogens is 8. The highest BCUT2D eigenvalue weighted by atomic mass is 15.3. The first-order chi connectivity index (χ1) is 61.1. The van der Waals surface area contributed by atoms with Crippen molar-refractivity contribution in [1.29, 1.82) is 0 Å². The van der Waals surface area contributed by atoms with Crippen LogP contribution in [0.2, 0.25) is 0 Å². The van der Waals surface area contributed by atoms with E-state index in [1.54, 1.807) is 0 Å². The molecule has 16 nitrogen and oxygen atoms in total. The summed E-state index contributed by atoms with van der Waals surface area (Å²) in [7, 11) is 0. The first kappa shape index (κ1) is 82.8. The molecule has 16 heteroatoms. The number of aromatic amines is 4. The molecule has 4 N–H and O–H groups in total. The van der Waals surface area contributed by atoms with Crippen LogP contribution in [-0.4, -0.2) is 164 Å². The third kappa shape index (κ3) is 21.2. The zero-order valence-corrected chi connectivity index (χ0v) is 71.8. The number of nitrogens with one attached hydrogen (secondary N) is 4. The molecule has 0 atom stereocenters. The molecule has 0 spiro atoms. The van der Waals surface area contributed by atoms with Crippen LogP contribution in [-0.2, 0) is 26.2 Å². The summed E-state index contributed by atoms with van der Waals surface area (Å²) in [6.45, 7) is 28.7. The van der Waals surface area contributed by atoms with E-state index < -0.39 is 0 Å². The van der Waals surface area contributed by atoms with Crippen molar-refractivity contribution in [2.45, 2.75) is 53.9 Å². The first-order valence-corrected chi connectivity index (χ1v) is 44.0. The molecule has 4 aliphatic heterocycles. The van der Waals surface area contributed by atoms with E-state index in [4.69, 9.17) is 19.9 Å². The summed E-state index contributed by atoms with van der Waals surface area (Å²) >= 11 is 0. The van der Waals surface area contributed by atoms with Gasteiger partial charge < -0.3 is 39.5 Å². The van der Waals surface area contributed by atoms with Gasteiger partial charge in [-0.25, -0.2) is 19.9 Å². The Balaban J connectivity index is 0.000000144. The number of hydrogen-bond donors (Lipinski definition) is 4. The van der Waals surface area contributed by atoms with Crippen LogP contribution in [0, 0.1) is 27.7 Å². The van der Waals surface area contributed by atoms with Gasteiger partial charge >= 0.3 is 0 Å². The van der Waals surface area contributed by atoms with E-state index in [9.17, 15) is 0 Å². The number of H-pyrrole nitrogens is 4. The van der Waals surface area contributed by atoms with Gasteiger partial charge in [-0.2, -0.15) is 0 Å². The minimum absolute atomic E-state index is 0. The van der Waals surface area contributed by atoms with Gasteiger partial charge in [0.05, 0.1) is 71.7 Å². The summed E-state index contributed by atoms with van der Waals surface area (Å²) in [4.78, 5) is 54.5. The number of benzene rings is 12. The smallest absolute Gasteiger partial charge is 0.121 e. The lowest BCUT2D eigenvalue weighted by Crippen LogP contribution is -2.46. The zero-order chi connectivity index (χ0) is 84.2. The maximum Gasteiger partial charge on any atom is 0.121 e. The zero-order valence-electron chi connectivity index (χ0n) is 71.8. The third-order valence-corrected chi connectivity index (χ3v) is 24.0. The number of para-hydroxylation sites is 1. The molecule has 4 saturated heterocycles. The molecule has 4 aromatic heterocycles. The molecule has 8 heterocycles. The number of rotatable bonds is 20. The van der Waals surface area contributed by atoms with Crippen LogP contribution in [0.15, 0.2) is 340 Å². The molecule has 632 valence electrons. The van der Waals surface area contributed by atoms with Gasteiger partial charge in [0, 0.05) is 178 Å². The van der Waals surface area contributed by atoms with Crippen molar-refractivity contribution in [1.82, 2.24) is 59.5 Å². The number of imidazole rings is 4. The van der Waals surface area contributed by atoms with Crippen molar-refractivity contribution in [3.8, 4) is 90.1 Å². The second-order valence-corrected chi connectivity index (χ2v) is 32.9. The van der Waals surface area contributed by atoms with Crippen molar-refractivity contribution in [3.05, 3.63) is 385 Å². The van der Waals surface area contributed by atoms with Crippen LogP contribution < -0.4 is 19.6 Å². The second-order valence-electron chi connectivity index (χ2n) is 32.9. The fourth-order valence-electron chi connectivity index (χ4n) is 17.3. The fraction of sp³-hybridized carbons (Fsp3) is 0.222. The van der Waals surface area contributed by atoms with Gasteiger partial charge in [0.15, 0.2) is 0 Å². The van der Waals surface area contributed by atoms with Crippen molar-refractivity contribution in [2.24, 2.45) is 0 Å². The maximum atomic E-state index is 5.03. The summed E-state index contributed by atoms with van der Waals surface area (Å²) in [6.07, 6.45) is 0. The molecule has 0 radical (unpaired) electrons. The molecule has 0 saturated carbocycles. The number of piperazine rings is 4. The molecule has 0 amide bonds. The Kier molecular flexibility index (Phi) is 27.0. The van der Waals surface area contributed by atoms with Crippen molar-refractivity contribution in [3.63, 3.8) is 0 Å². The largest absolute Gasteiger partial charge is 0.369 e. The molecular formula is C108H120N16.